The van der Waals surface area contributed by atoms with Crippen molar-refractivity contribution < 1.29 is 8.42 Å². The van der Waals surface area contributed by atoms with Crippen molar-refractivity contribution in [3.05, 3.63) is 23.4 Å². The van der Waals surface area contributed by atoms with E-state index in [0.29, 0.717) is 17.5 Å². The van der Waals surface area contributed by atoms with Crippen LogP contribution in [0.15, 0.2) is 18.3 Å². The van der Waals surface area contributed by atoms with E-state index in [1.165, 1.54) is 6.26 Å². The van der Waals surface area contributed by atoms with Gasteiger partial charge in [-0.25, -0.2) is 18.1 Å². The number of pyridine rings is 1. The van der Waals surface area contributed by atoms with Crippen LogP contribution in [0.2, 0.25) is 5.02 Å². The second-order valence-corrected chi connectivity index (χ2v) is 7.81. The van der Waals surface area contributed by atoms with Crippen LogP contribution >= 0.6 is 24.0 Å². The molecule has 2 atom stereocenters. The second-order valence-electron chi connectivity index (χ2n) is 5.62. The molecule has 0 spiro atoms. The van der Waals surface area contributed by atoms with E-state index in [9.17, 15) is 8.42 Å². The summed E-state index contributed by atoms with van der Waals surface area (Å²) < 4.78 is 25.7. The Bertz CT molecular complexity index is 581. The van der Waals surface area contributed by atoms with Gasteiger partial charge in [-0.1, -0.05) is 25.4 Å². The molecule has 2 rings (SSSR count). The maximum atomic E-state index is 11.5. The number of anilines is 1. The lowest BCUT2D eigenvalue weighted by Crippen LogP contribution is -2.41. The molecule has 0 amide bonds. The van der Waals surface area contributed by atoms with Gasteiger partial charge in [-0.05, 0) is 24.0 Å². The molecule has 1 aliphatic rings. The first kappa shape index (κ1) is 18.5. The van der Waals surface area contributed by atoms with Crippen LogP contribution in [0.3, 0.4) is 0 Å². The van der Waals surface area contributed by atoms with Gasteiger partial charge in [0.1, 0.15) is 5.82 Å². The Balaban J connectivity index is 0.00000220. The molecule has 1 fully saturated rings. The summed E-state index contributed by atoms with van der Waals surface area (Å²) in [6, 6.07) is 3.47. The van der Waals surface area contributed by atoms with E-state index in [1.54, 1.807) is 18.3 Å². The highest BCUT2D eigenvalue weighted by atomic mass is 35.5. The standard InChI is InChI=1S/C13H20ClN3O2S.ClH/c1-9(2)10-7-17(8-12(10)16-20(3,18)19)13-11(14)5-4-6-15-13;/h4-6,9-10,12,16H,7-8H2,1-3H3;1H/t10-,12+;/m1./s1. The lowest BCUT2D eigenvalue weighted by molar-refractivity contribution is 0.365. The number of rotatable bonds is 4. The molecule has 0 radical (unpaired) electrons. The summed E-state index contributed by atoms with van der Waals surface area (Å²) in [6.07, 6.45) is 2.89. The van der Waals surface area contributed by atoms with Crippen molar-refractivity contribution in [1.82, 2.24) is 9.71 Å². The summed E-state index contributed by atoms with van der Waals surface area (Å²) >= 11 is 6.17. The average molecular weight is 354 g/mol. The molecule has 1 saturated heterocycles. The molecule has 0 bridgehead atoms. The normalized spacial score (nSPS) is 22.4. The van der Waals surface area contributed by atoms with Gasteiger partial charge in [0.25, 0.3) is 0 Å². The molecule has 8 heteroatoms. The highest BCUT2D eigenvalue weighted by Crippen LogP contribution is 2.31. The molecule has 1 aliphatic heterocycles. The highest BCUT2D eigenvalue weighted by Gasteiger charge is 2.37. The van der Waals surface area contributed by atoms with E-state index in [1.807, 2.05) is 0 Å². The van der Waals surface area contributed by atoms with Gasteiger partial charge in [0.2, 0.25) is 10.0 Å². The Morgan fingerprint density at radius 3 is 2.62 bits per heavy atom. The van der Waals surface area contributed by atoms with Crippen LogP contribution in [0.4, 0.5) is 5.82 Å². The summed E-state index contributed by atoms with van der Waals surface area (Å²) in [4.78, 5) is 6.35. The fraction of sp³-hybridized carbons (Fsp3) is 0.615. The average Bonchev–Trinajstić information content (AvgIpc) is 2.71. The Kier molecular flexibility index (Phi) is 6.28. The Morgan fingerprint density at radius 2 is 2.10 bits per heavy atom. The van der Waals surface area contributed by atoms with Gasteiger partial charge >= 0.3 is 0 Å². The number of halogens is 2. The van der Waals surface area contributed by atoms with Gasteiger partial charge in [-0.15, -0.1) is 12.4 Å². The van der Waals surface area contributed by atoms with Crippen LogP contribution in [0.1, 0.15) is 13.8 Å². The number of nitrogens with zero attached hydrogens (tertiary/aromatic N) is 2. The summed E-state index contributed by atoms with van der Waals surface area (Å²) in [5.41, 5.74) is 0. The number of hydrogen-bond acceptors (Lipinski definition) is 4. The first-order valence-electron chi connectivity index (χ1n) is 6.60. The topological polar surface area (TPSA) is 62.3 Å². The van der Waals surface area contributed by atoms with Crippen LogP contribution in [-0.4, -0.2) is 38.8 Å². The third-order valence-electron chi connectivity index (χ3n) is 3.63. The Hall–Kier alpha value is -0.560. The van der Waals surface area contributed by atoms with Crippen molar-refractivity contribution >= 4 is 39.8 Å². The first-order valence-corrected chi connectivity index (χ1v) is 8.87. The zero-order chi connectivity index (χ0) is 14.9. The molecule has 120 valence electrons. The zero-order valence-corrected chi connectivity index (χ0v) is 14.7. The fourth-order valence-electron chi connectivity index (χ4n) is 2.69. The summed E-state index contributed by atoms with van der Waals surface area (Å²) in [6.45, 7) is 5.55. The molecule has 0 aromatic carbocycles. The van der Waals surface area contributed by atoms with Gasteiger partial charge in [0.15, 0.2) is 0 Å². The van der Waals surface area contributed by atoms with Crippen LogP contribution in [0.5, 0.6) is 0 Å². The van der Waals surface area contributed by atoms with E-state index < -0.39 is 10.0 Å². The van der Waals surface area contributed by atoms with Gasteiger partial charge < -0.3 is 4.90 Å². The first-order chi connectivity index (χ1) is 9.28. The van der Waals surface area contributed by atoms with Gasteiger partial charge in [0, 0.05) is 25.3 Å². The summed E-state index contributed by atoms with van der Waals surface area (Å²) in [7, 11) is -3.22. The van der Waals surface area contributed by atoms with Crippen LogP contribution in [-0.2, 0) is 10.0 Å². The quantitative estimate of drug-likeness (QED) is 0.900. The minimum Gasteiger partial charge on any atom is -0.353 e. The van der Waals surface area contributed by atoms with Crippen molar-refractivity contribution in [2.45, 2.75) is 19.9 Å². The third-order valence-corrected chi connectivity index (χ3v) is 4.65. The smallest absolute Gasteiger partial charge is 0.209 e. The molecule has 2 heterocycles. The Labute approximate surface area is 137 Å². The molecule has 0 aliphatic carbocycles. The minimum atomic E-state index is -3.22. The van der Waals surface area contributed by atoms with Crippen LogP contribution < -0.4 is 9.62 Å². The van der Waals surface area contributed by atoms with Crippen LogP contribution in [0.25, 0.3) is 0 Å². The zero-order valence-electron chi connectivity index (χ0n) is 12.3. The maximum absolute atomic E-state index is 11.5. The molecule has 1 N–H and O–H groups in total. The molecule has 21 heavy (non-hydrogen) atoms. The molecule has 1 aromatic heterocycles. The van der Waals surface area contributed by atoms with E-state index in [4.69, 9.17) is 11.6 Å². The van der Waals surface area contributed by atoms with Crippen molar-refractivity contribution in [1.29, 1.82) is 0 Å². The number of aromatic nitrogens is 1. The highest BCUT2D eigenvalue weighted by molar-refractivity contribution is 7.88. The SMILES string of the molecule is CC(C)[C@H]1CN(c2ncccc2Cl)C[C@@H]1NS(C)(=O)=O.Cl. The van der Waals surface area contributed by atoms with Gasteiger partial charge in [-0.2, -0.15) is 0 Å². The molecule has 0 saturated carbocycles. The predicted molar refractivity (Wildman–Crippen MR) is 88.8 cm³/mol. The number of hydrogen-bond donors (Lipinski definition) is 1. The van der Waals surface area contributed by atoms with Crippen molar-refractivity contribution in [2.24, 2.45) is 11.8 Å². The second kappa shape index (κ2) is 7.13. The fourth-order valence-corrected chi connectivity index (χ4v) is 3.73. The van der Waals surface area contributed by atoms with E-state index in [0.717, 1.165) is 12.4 Å². The number of sulfonamides is 1. The summed E-state index contributed by atoms with van der Waals surface area (Å²) in [5, 5.41) is 0.593. The predicted octanol–water partition coefficient (Wildman–Crippen LogP) is 2.17. The molecular weight excluding hydrogens is 333 g/mol. The monoisotopic (exact) mass is 353 g/mol. The van der Waals surface area contributed by atoms with Gasteiger partial charge in [-0.3, -0.25) is 0 Å². The van der Waals surface area contributed by atoms with Crippen molar-refractivity contribution in [3.63, 3.8) is 0 Å². The van der Waals surface area contributed by atoms with E-state index in [-0.39, 0.29) is 24.4 Å². The lowest BCUT2D eigenvalue weighted by atomic mass is 9.92. The van der Waals surface area contributed by atoms with E-state index >= 15 is 0 Å². The van der Waals surface area contributed by atoms with Crippen molar-refractivity contribution in [2.75, 3.05) is 24.2 Å². The third kappa shape index (κ3) is 4.71. The lowest BCUT2D eigenvalue weighted by Gasteiger charge is -2.21. The number of nitrogens with one attached hydrogen (secondary N) is 1. The maximum Gasteiger partial charge on any atom is 0.209 e. The summed E-state index contributed by atoms with van der Waals surface area (Å²) in [5.74, 6) is 1.34. The molecular formula is C13H21Cl2N3O2S. The molecule has 0 unspecified atom stereocenters. The Morgan fingerprint density at radius 1 is 1.43 bits per heavy atom. The van der Waals surface area contributed by atoms with Crippen LogP contribution in [0, 0.1) is 11.8 Å². The largest absolute Gasteiger partial charge is 0.353 e. The van der Waals surface area contributed by atoms with E-state index in [2.05, 4.69) is 28.5 Å². The van der Waals surface area contributed by atoms with Crippen molar-refractivity contribution in [3.8, 4) is 0 Å². The minimum absolute atomic E-state index is 0. The molecule has 1 aromatic rings. The van der Waals surface area contributed by atoms with Gasteiger partial charge in [0.05, 0.1) is 11.3 Å². The molecule has 5 nitrogen and oxygen atoms in total.